The van der Waals surface area contributed by atoms with Gasteiger partial charge in [-0.15, -0.1) is 10.2 Å². The molecule has 7 heteroatoms. The van der Waals surface area contributed by atoms with E-state index < -0.39 is 0 Å². The lowest BCUT2D eigenvalue weighted by atomic mass is 10.0. The average Bonchev–Trinajstić information content (AvgIpc) is 2.84. The molecule has 0 bridgehead atoms. The zero-order chi connectivity index (χ0) is 18.7. The first-order valence-corrected chi connectivity index (χ1v) is 9.19. The van der Waals surface area contributed by atoms with Gasteiger partial charge >= 0.3 is 0 Å². The molecule has 1 aliphatic rings. The maximum atomic E-state index is 12.8. The van der Waals surface area contributed by atoms with E-state index in [2.05, 4.69) is 39.2 Å². The third-order valence-electron chi connectivity index (χ3n) is 4.70. The van der Waals surface area contributed by atoms with Gasteiger partial charge in [-0.25, -0.2) is 0 Å². The van der Waals surface area contributed by atoms with E-state index in [9.17, 15) is 9.90 Å². The fraction of sp³-hybridized carbons (Fsp3) is 0.526. The van der Waals surface area contributed by atoms with Gasteiger partial charge in [-0.2, -0.15) is 0 Å². The molecule has 0 radical (unpaired) electrons. The van der Waals surface area contributed by atoms with Gasteiger partial charge in [-0.1, -0.05) is 26.0 Å². The van der Waals surface area contributed by atoms with Crippen molar-refractivity contribution in [3.63, 3.8) is 0 Å². The molecular formula is C19H27N5O2. The molecule has 0 aliphatic carbocycles. The fourth-order valence-electron chi connectivity index (χ4n) is 3.33. The highest BCUT2D eigenvalue weighted by atomic mass is 16.3. The number of phenols is 1. The second-order valence-electron chi connectivity index (χ2n) is 7.25. The van der Waals surface area contributed by atoms with Crippen molar-refractivity contribution in [1.29, 1.82) is 0 Å². The maximum absolute atomic E-state index is 12.8. The minimum absolute atomic E-state index is 0.0255. The van der Waals surface area contributed by atoms with Crippen LogP contribution < -0.4 is 10.6 Å². The Balaban J connectivity index is 1.88. The Bertz CT molecular complexity index is 784. The SMILES string of the molecule is Cc1cccc(C(=O)N[C@@H](CC(C)C)c2nnc3n2CCNCC3)c1O. The number of carbonyl (C=O) groups excluding carboxylic acids is 1. The van der Waals surface area contributed by atoms with Crippen LogP contribution in [0.5, 0.6) is 5.75 Å². The minimum atomic E-state index is -0.291. The Morgan fingerprint density at radius 3 is 2.92 bits per heavy atom. The van der Waals surface area contributed by atoms with Crippen molar-refractivity contribution >= 4 is 5.91 Å². The molecule has 1 atom stereocenters. The van der Waals surface area contributed by atoms with Crippen LogP contribution in [0.3, 0.4) is 0 Å². The summed E-state index contributed by atoms with van der Waals surface area (Å²) in [6.45, 7) is 8.55. The zero-order valence-electron chi connectivity index (χ0n) is 15.6. The molecule has 2 heterocycles. The number of benzene rings is 1. The molecule has 1 aromatic heterocycles. The lowest BCUT2D eigenvalue weighted by Crippen LogP contribution is -2.32. The Labute approximate surface area is 153 Å². The van der Waals surface area contributed by atoms with Gasteiger partial charge < -0.3 is 20.3 Å². The molecule has 3 N–H and O–H groups in total. The number of rotatable bonds is 5. The molecule has 2 aromatic rings. The van der Waals surface area contributed by atoms with Crippen molar-refractivity contribution < 1.29 is 9.90 Å². The number of aromatic hydroxyl groups is 1. The largest absolute Gasteiger partial charge is 0.507 e. The number of para-hydroxylation sites is 1. The van der Waals surface area contributed by atoms with E-state index in [1.165, 1.54) is 0 Å². The van der Waals surface area contributed by atoms with Crippen LogP contribution in [0.25, 0.3) is 0 Å². The second-order valence-corrected chi connectivity index (χ2v) is 7.25. The number of hydrogen-bond acceptors (Lipinski definition) is 5. The number of fused-ring (bicyclic) bond motifs is 1. The number of amides is 1. The molecule has 7 nitrogen and oxygen atoms in total. The van der Waals surface area contributed by atoms with Gasteiger partial charge in [-0.05, 0) is 30.9 Å². The first kappa shape index (κ1) is 18.4. The first-order valence-electron chi connectivity index (χ1n) is 9.19. The molecule has 0 unspecified atom stereocenters. The van der Waals surface area contributed by atoms with Gasteiger partial charge in [-0.3, -0.25) is 4.79 Å². The molecule has 3 rings (SSSR count). The van der Waals surface area contributed by atoms with Crippen LogP contribution >= 0.6 is 0 Å². The topological polar surface area (TPSA) is 92.1 Å². The number of phenolic OH excluding ortho intramolecular Hbond substituents is 1. The number of nitrogens with zero attached hydrogens (tertiary/aromatic N) is 3. The lowest BCUT2D eigenvalue weighted by molar-refractivity contribution is 0.0926. The van der Waals surface area contributed by atoms with E-state index in [0.29, 0.717) is 11.5 Å². The minimum Gasteiger partial charge on any atom is -0.507 e. The molecule has 0 saturated heterocycles. The average molecular weight is 357 g/mol. The molecule has 0 spiro atoms. The van der Waals surface area contributed by atoms with Gasteiger partial charge in [0.05, 0.1) is 11.6 Å². The summed E-state index contributed by atoms with van der Waals surface area (Å²) >= 11 is 0. The summed E-state index contributed by atoms with van der Waals surface area (Å²) in [6.07, 6.45) is 1.58. The first-order chi connectivity index (χ1) is 12.5. The number of carbonyl (C=O) groups is 1. The van der Waals surface area contributed by atoms with Gasteiger partial charge in [0.2, 0.25) is 0 Å². The van der Waals surface area contributed by atoms with Crippen LogP contribution in [0.1, 0.15) is 53.9 Å². The lowest BCUT2D eigenvalue weighted by Gasteiger charge is -2.21. The molecule has 26 heavy (non-hydrogen) atoms. The zero-order valence-corrected chi connectivity index (χ0v) is 15.6. The number of nitrogens with one attached hydrogen (secondary N) is 2. The maximum Gasteiger partial charge on any atom is 0.255 e. The summed E-state index contributed by atoms with van der Waals surface area (Å²) in [5, 5.41) is 25.4. The second kappa shape index (κ2) is 7.86. The smallest absolute Gasteiger partial charge is 0.255 e. The summed E-state index contributed by atoms with van der Waals surface area (Å²) < 4.78 is 2.11. The monoisotopic (exact) mass is 357 g/mol. The van der Waals surface area contributed by atoms with E-state index in [0.717, 1.165) is 44.1 Å². The molecular weight excluding hydrogens is 330 g/mol. The Morgan fingerprint density at radius 1 is 1.35 bits per heavy atom. The molecule has 0 fully saturated rings. The molecule has 1 aromatic carbocycles. The van der Waals surface area contributed by atoms with Crippen LogP contribution in [-0.2, 0) is 13.0 Å². The van der Waals surface area contributed by atoms with E-state index >= 15 is 0 Å². The van der Waals surface area contributed by atoms with Crippen LogP contribution in [-0.4, -0.2) is 38.9 Å². The van der Waals surface area contributed by atoms with Gasteiger partial charge in [0.25, 0.3) is 5.91 Å². The third kappa shape index (κ3) is 3.88. The normalized spacial score (nSPS) is 15.4. The van der Waals surface area contributed by atoms with Crippen LogP contribution in [0.15, 0.2) is 18.2 Å². The molecule has 1 amide bonds. The summed E-state index contributed by atoms with van der Waals surface area (Å²) in [5.41, 5.74) is 0.969. The van der Waals surface area contributed by atoms with Crippen molar-refractivity contribution in [2.75, 3.05) is 13.1 Å². The summed E-state index contributed by atoms with van der Waals surface area (Å²) in [5.74, 6) is 1.85. The van der Waals surface area contributed by atoms with Gasteiger partial charge in [0.15, 0.2) is 5.82 Å². The van der Waals surface area contributed by atoms with Crippen molar-refractivity contribution in [1.82, 2.24) is 25.4 Å². The van der Waals surface area contributed by atoms with Crippen LogP contribution in [0.4, 0.5) is 0 Å². The summed E-state index contributed by atoms with van der Waals surface area (Å²) in [7, 11) is 0. The highest BCUT2D eigenvalue weighted by Crippen LogP contribution is 2.25. The number of aromatic nitrogens is 3. The predicted molar refractivity (Wildman–Crippen MR) is 99.1 cm³/mol. The Hall–Kier alpha value is -2.41. The number of aryl methyl sites for hydroxylation is 1. The molecule has 140 valence electrons. The van der Waals surface area contributed by atoms with Gasteiger partial charge in [0, 0.05) is 26.1 Å². The van der Waals surface area contributed by atoms with Crippen molar-refractivity contribution in [2.24, 2.45) is 5.92 Å². The highest BCUT2D eigenvalue weighted by molar-refractivity contribution is 5.97. The van der Waals surface area contributed by atoms with Crippen molar-refractivity contribution in [3.8, 4) is 5.75 Å². The predicted octanol–water partition coefficient (Wildman–Crippen LogP) is 1.96. The molecule has 0 saturated carbocycles. The quantitative estimate of drug-likeness (QED) is 0.761. The standard InChI is InChI=1S/C19H27N5O2/c1-12(2)11-15(18-23-22-16-7-8-20-9-10-24(16)18)21-19(26)14-6-4-5-13(3)17(14)25/h4-6,12,15,20,25H,7-11H2,1-3H3,(H,21,26)/t15-/m0/s1. The van der Waals surface area contributed by atoms with E-state index in [1.807, 2.05) is 0 Å². The van der Waals surface area contributed by atoms with E-state index in [1.54, 1.807) is 25.1 Å². The van der Waals surface area contributed by atoms with Crippen LogP contribution in [0.2, 0.25) is 0 Å². The number of hydrogen-bond donors (Lipinski definition) is 3. The van der Waals surface area contributed by atoms with E-state index in [-0.39, 0.29) is 23.3 Å². The van der Waals surface area contributed by atoms with E-state index in [4.69, 9.17) is 0 Å². The summed E-state index contributed by atoms with van der Waals surface area (Å²) in [6, 6.07) is 4.94. The Morgan fingerprint density at radius 2 is 2.15 bits per heavy atom. The van der Waals surface area contributed by atoms with Crippen molar-refractivity contribution in [3.05, 3.63) is 41.0 Å². The van der Waals surface area contributed by atoms with Crippen LogP contribution in [0, 0.1) is 12.8 Å². The highest BCUT2D eigenvalue weighted by Gasteiger charge is 2.26. The van der Waals surface area contributed by atoms with Crippen molar-refractivity contribution in [2.45, 2.75) is 46.2 Å². The third-order valence-corrected chi connectivity index (χ3v) is 4.70. The fourth-order valence-corrected chi connectivity index (χ4v) is 3.33. The molecule has 1 aliphatic heterocycles. The van der Waals surface area contributed by atoms with Gasteiger partial charge in [0.1, 0.15) is 11.6 Å². The Kier molecular flexibility index (Phi) is 5.56. The summed E-state index contributed by atoms with van der Waals surface area (Å²) in [4.78, 5) is 12.8.